The van der Waals surface area contributed by atoms with Crippen molar-refractivity contribution in [1.82, 2.24) is 9.55 Å². The quantitative estimate of drug-likeness (QED) is 0.283. The summed E-state index contributed by atoms with van der Waals surface area (Å²) in [5.41, 5.74) is -3.28. The number of H-pyrrole nitrogens is 1. The monoisotopic (exact) mass is 510 g/mol. The van der Waals surface area contributed by atoms with Gasteiger partial charge in [0.25, 0.3) is 11.4 Å². The highest BCUT2D eigenvalue weighted by Crippen LogP contribution is 2.60. The second kappa shape index (κ2) is 8.36. The number of nitrogens with zero attached hydrogens (tertiary/aromatic N) is 1. The van der Waals surface area contributed by atoms with Gasteiger partial charge in [-0.25, -0.2) is 13.8 Å². The van der Waals surface area contributed by atoms with Crippen LogP contribution in [0, 0.1) is 6.92 Å². The van der Waals surface area contributed by atoms with Crippen LogP contribution in [0.25, 0.3) is 0 Å². The molecule has 0 radical (unpaired) electrons. The van der Waals surface area contributed by atoms with Crippen LogP contribution >= 0.6 is 7.82 Å². The van der Waals surface area contributed by atoms with E-state index >= 15 is 4.39 Å². The van der Waals surface area contributed by atoms with Crippen molar-refractivity contribution in [3.8, 4) is 11.5 Å². The van der Waals surface area contributed by atoms with E-state index in [1.165, 1.54) is 14.0 Å². The fourth-order valence-electron chi connectivity index (χ4n) is 4.10. The summed E-state index contributed by atoms with van der Waals surface area (Å²) >= 11 is 0. The number of aryl methyl sites for hydroxylation is 1. The predicted octanol–water partition coefficient (Wildman–Crippen LogP) is -2.83. The molecule has 186 valence electrons. The number of methoxy groups -OCH3 is 1. The molecule has 1 aromatic carbocycles. The van der Waals surface area contributed by atoms with E-state index in [9.17, 15) is 24.4 Å². The van der Waals surface area contributed by atoms with Gasteiger partial charge in [-0.3, -0.25) is 23.4 Å². The number of phosphoric ester groups is 1. The second-order valence-electron chi connectivity index (χ2n) is 8.99. The molecule has 3 N–H and O–H groups in total. The van der Waals surface area contributed by atoms with E-state index in [0.29, 0.717) is 5.56 Å². The second-order valence-corrected chi connectivity index (χ2v) is 10.5. The molecule has 2 aliphatic heterocycles. The number of phosphoric acid groups is 1. The molecule has 35 heavy (non-hydrogen) atoms. The number of ether oxygens (including phenoxy) is 2. The highest BCUT2D eigenvalue weighted by Gasteiger charge is 2.69. The van der Waals surface area contributed by atoms with Crippen LogP contribution in [0.2, 0.25) is 0 Å². The molecule has 1 aromatic heterocycles. The number of halogens is 1. The number of hydrogen-bond donors (Lipinski definition) is 3. The molecule has 1 unspecified atom stereocenters. The Hall–Kier alpha value is -2.35. The Labute approximate surface area is 201 Å². The van der Waals surface area contributed by atoms with E-state index < -0.39 is 48.2 Å². The van der Waals surface area contributed by atoms with Crippen molar-refractivity contribution >= 4 is 31.4 Å². The Kier molecular flexibility index (Phi) is 6.15. The molecule has 2 aromatic rings. The van der Waals surface area contributed by atoms with Crippen molar-refractivity contribution in [2.75, 3.05) is 7.11 Å². The maximum atomic E-state index is 16.4. The van der Waals surface area contributed by atoms with Crippen LogP contribution in [0.5, 0.6) is 11.5 Å². The minimum atomic E-state index is -4.50. The van der Waals surface area contributed by atoms with Gasteiger partial charge in [0.15, 0.2) is 19.3 Å². The Morgan fingerprint density at radius 1 is 1.31 bits per heavy atom. The molecule has 2 aliphatic rings. The summed E-state index contributed by atoms with van der Waals surface area (Å²) in [6.45, 7) is 1.19. The molecule has 4 rings (SSSR count). The lowest BCUT2D eigenvalue weighted by Crippen LogP contribution is -2.60. The SMILES string of the molecule is BC(B)(OP1(=O)OCc2cccc(OC)c2O1)[C@@]1(F)O[C@@](B)(n2cc(C)c(=O)[nH]c2=O)[C@H](O)[C@@H]1O. The molecule has 3 heterocycles. The number of nitrogens with one attached hydrogen (secondary N) is 1. The van der Waals surface area contributed by atoms with Gasteiger partial charge in [-0.1, -0.05) is 12.1 Å². The summed E-state index contributed by atoms with van der Waals surface area (Å²) in [6, 6.07) is 4.89. The molecule has 0 spiro atoms. The smallest absolute Gasteiger partial charge is 0.493 e. The molecule has 1 fully saturated rings. The fraction of sp³-hybridized carbons (Fsp3) is 0.444. The van der Waals surface area contributed by atoms with Crippen LogP contribution < -0.4 is 20.5 Å². The van der Waals surface area contributed by atoms with E-state index in [0.717, 1.165) is 34.3 Å². The third-order valence-corrected chi connectivity index (χ3v) is 7.74. The third kappa shape index (κ3) is 3.98. The summed E-state index contributed by atoms with van der Waals surface area (Å²) in [6.07, 6.45) is -3.22. The average Bonchev–Trinajstić information content (AvgIpc) is 2.97. The summed E-state index contributed by atoms with van der Waals surface area (Å²) in [5.74, 6) is -2.90. The first-order valence-electron chi connectivity index (χ1n) is 10.6. The topological polar surface area (TPSA) is 159 Å². The van der Waals surface area contributed by atoms with Gasteiger partial charge in [0.1, 0.15) is 33.5 Å². The first-order chi connectivity index (χ1) is 16.2. The molecular weight excluding hydrogens is 487 g/mol. The van der Waals surface area contributed by atoms with E-state index in [1.807, 2.05) is 4.98 Å². The van der Waals surface area contributed by atoms with Crippen LogP contribution in [0.15, 0.2) is 34.0 Å². The maximum Gasteiger partial charge on any atom is 0.529 e. The molecule has 0 saturated carbocycles. The number of fused-ring (bicyclic) bond motifs is 1. The Balaban J connectivity index is 1.69. The van der Waals surface area contributed by atoms with Crippen LogP contribution in [-0.2, 0) is 30.6 Å². The average molecular weight is 510 g/mol. The largest absolute Gasteiger partial charge is 0.529 e. The third-order valence-electron chi connectivity index (χ3n) is 6.20. The molecule has 12 nitrogen and oxygen atoms in total. The van der Waals surface area contributed by atoms with Crippen LogP contribution in [-0.4, -0.2) is 73.9 Å². The summed E-state index contributed by atoms with van der Waals surface area (Å²) in [4.78, 5) is 26.2. The van der Waals surface area contributed by atoms with E-state index in [2.05, 4.69) is 0 Å². The lowest BCUT2D eigenvalue weighted by Gasteiger charge is -2.41. The lowest BCUT2D eigenvalue weighted by molar-refractivity contribution is -0.240. The molecule has 5 atom stereocenters. The standard InChI is InChI=1S/C18H23B3FN2O10P/c1-8-6-24(15(28)23-14(8)27)17(19)13(26)12(25)16(22,33-17)18(20,21)34-35(29)31-7-9-4-3-5-10(30-2)11(9)32-35/h3-6,12-13,25-26H,7,19-21H2,1-2H3,(H,23,27,28)/t12-,13+,16-,17-,35?/m0/s1. The number of rotatable bonds is 5. The number of aliphatic hydroxyl groups excluding tert-OH is 2. The van der Waals surface area contributed by atoms with Gasteiger partial charge in [-0.2, -0.15) is 0 Å². The molecule has 17 heteroatoms. The number of hydrogen-bond acceptors (Lipinski definition) is 10. The fourth-order valence-corrected chi connectivity index (χ4v) is 5.65. The predicted molar refractivity (Wildman–Crippen MR) is 126 cm³/mol. The number of benzene rings is 1. The molecule has 0 aliphatic carbocycles. The van der Waals surface area contributed by atoms with Gasteiger partial charge in [0, 0.05) is 17.3 Å². The summed E-state index contributed by atoms with van der Waals surface area (Å²) in [5, 5.41) is 19.2. The van der Waals surface area contributed by atoms with Gasteiger partial charge in [0.05, 0.1) is 19.1 Å². The summed E-state index contributed by atoms with van der Waals surface area (Å²) in [7, 11) is 0.255. The van der Waals surface area contributed by atoms with Crippen molar-refractivity contribution < 1.29 is 42.2 Å². The maximum absolute atomic E-state index is 16.4. The number of para-hydroxylation sites is 1. The number of aromatic amines is 1. The van der Waals surface area contributed by atoms with Crippen molar-refractivity contribution in [1.29, 1.82) is 0 Å². The zero-order valence-electron chi connectivity index (χ0n) is 19.6. The lowest BCUT2D eigenvalue weighted by atomic mass is 9.59. The zero-order valence-corrected chi connectivity index (χ0v) is 20.5. The van der Waals surface area contributed by atoms with Crippen molar-refractivity contribution in [2.45, 2.75) is 42.6 Å². The Bertz CT molecular complexity index is 1320. The normalized spacial score (nSPS) is 32.6. The van der Waals surface area contributed by atoms with E-state index in [1.54, 1.807) is 18.2 Å². The number of aliphatic hydroxyl groups is 2. The van der Waals surface area contributed by atoms with Gasteiger partial charge < -0.3 is 24.2 Å². The van der Waals surface area contributed by atoms with E-state index in [-0.39, 0.29) is 23.7 Å². The minimum absolute atomic E-state index is 0.0732. The first-order valence-corrected chi connectivity index (χ1v) is 12.0. The zero-order chi connectivity index (χ0) is 26.0. The number of alkyl halides is 1. The molecule has 1 saturated heterocycles. The molecular formula is C18H23B3FN2O10P. The molecule has 0 amide bonds. The van der Waals surface area contributed by atoms with Crippen LogP contribution in [0.4, 0.5) is 4.39 Å². The number of aromatic nitrogens is 2. The molecule has 0 bridgehead atoms. The van der Waals surface area contributed by atoms with Gasteiger partial charge in [-0.05, 0) is 13.0 Å². The highest BCUT2D eigenvalue weighted by molar-refractivity contribution is 7.49. The Morgan fingerprint density at radius 3 is 2.66 bits per heavy atom. The first kappa shape index (κ1) is 25.7. The van der Waals surface area contributed by atoms with Crippen molar-refractivity contribution in [3.63, 3.8) is 0 Å². The van der Waals surface area contributed by atoms with Crippen LogP contribution in [0.1, 0.15) is 11.1 Å². The van der Waals surface area contributed by atoms with Gasteiger partial charge >= 0.3 is 13.5 Å². The van der Waals surface area contributed by atoms with Gasteiger partial charge in [0.2, 0.25) is 0 Å². The highest BCUT2D eigenvalue weighted by atomic mass is 31.2. The minimum Gasteiger partial charge on any atom is -0.493 e. The van der Waals surface area contributed by atoms with E-state index in [4.69, 9.17) is 23.0 Å². The van der Waals surface area contributed by atoms with Crippen molar-refractivity contribution in [2.24, 2.45) is 0 Å². The summed E-state index contributed by atoms with van der Waals surface area (Å²) < 4.78 is 57.4. The van der Waals surface area contributed by atoms with Crippen molar-refractivity contribution in [3.05, 3.63) is 56.4 Å². The van der Waals surface area contributed by atoms with Crippen LogP contribution in [0.3, 0.4) is 0 Å². The Morgan fingerprint density at radius 2 is 2.00 bits per heavy atom. The van der Waals surface area contributed by atoms with Gasteiger partial charge in [-0.15, -0.1) is 0 Å².